The Morgan fingerprint density at radius 1 is 0.778 bits per heavy atom. The Hall–Kier alpha value is -4.08. The van der Waals surface area contributed by atoms with Gasteiger partial charge in [0.05, 0.1) is 34.9 Å². The summed E-state index contributed by atoms with van der Waals surface area (Å²) in [5, 5.41) is 14.3. The number of fused-ring (bicyclic) bond motifs is 5. The van der Waals surface area contributed by atoms with Gasteiger partial charge in [-0.25, -0.2) is 4.85 Å². The van der Waals surface area contributed by atoms with Gasteiger partial charge in [0.1, 0.15) is 0 Å². The Morgan fingerprint density at radius 2 is 1.56 bits per heavy atom. The molecule has 0 aliphatic heterocycles. The fraction of sp³-hybridized carbons (Fsp3) is 0. The summed E-state index contributed by atoms with van der Waals surface area (Å²) in [6.07, 6.45) is 0. The number of nitrogens with zero attached hydrogens (tertiary/aromatic N) is 3. The average molecular weight is 343 g/mol. The van der Waals surface area contributed by atoms with Crippen molar-refractivity contribution in [2.75, 3.05) is 0 Å². The minimum Gasteiger partial charge on any atom is -0.309 e. The number of para-hydroxylation sites is 1. The van der Waals surface area contributed by atoms with Crippen LogP contribution in [0.1, 0.15) is 5.56 Å². The van der Waals surface area contributed by atoms with Gasteiger partial charge in [0.25, 0.3) is 0 Å². The molecule has 0 atom stereocenters. The molecule has 0 fully saturated rings. The van der Waals surface area contributed by atoms with E-state index < -0.39 is 0 Å². The van der Waals surface area contributed by atoms with Crippen LogP contribution in [0, 0.1) is 17.9 Å². The van der Waals surface area contributed by atoms with E-state index in [1.807, 2.05) is 36.4 Å². The average Bonchev–Trinajstić information content (AvgIpc) is 3.08. The molecule has 1 heterocycles. The number of hydrogen-bond acceptors (Lipinski definition) is 1. The molecule has 0 saturated carbocycles. The molecule has 0 aliphatic rings. The second kappa shape index (κ2) is 5.73. The molecule has 3 heteroatoms. The van der Waals surface area contributed by atoms with Gasteiger partial charge in [-0.3, -0.25) is 0 Å². The quantitative estimate of drug-likeness (QED) is 0.326. The van der Waals surface area contributed by atoms with Crippen LogP contribution in [-0.2, 0) is 0 Å². The van der Waals surface area contributed by atoms with Crippen molar-refractivity contribution in [2.24, 2.45) is 0 Å². The first-order valence-electron chi connectivity index (χ1n) is 8.65. The Bertz CT molecular complexity index is 1440. The molecule has 5 rings (SSSR count). The molecule has 1 aromatic heterocycles. The van der Waals surface area contributed by atoms with E-state index in [-0.39, 0.29) is 0 Å². The van der Waals surface area contributed by atoms with Crippen molar-refractivity contribution < 1.29 is 0 Å². The van der Waals surface area contributed by atoms with Crippen LogP contribution in [0.15, 0.2) is 78.9 Å². The van der Waals surface area contributed by atoms with E-state index in [1.165, 1.54) is 0 Å². The van der Waals surface area contributed by atoms with E-state index in [9.17, 15) is 5.26 Å². The van der Waals surface area contributed by atoms with Crippen molar-refractivity contribution in [3.8, 4) is 11.8 Å². The van der Waals surface area contributed by atoms with Crippen LogP contribution < -0.4 is 0 Å². The highest BCUT2D eigenvalue weighted by molar-refractivity contribution is 6.18. The molecular formula is C24H13N3. The first-order valence-corrected chi connectivity index (χ1v) is 8.65. The predicted octanol–water partition coefficient (Wildman–Crippen LogP) is 6.36. The summed E-state index contributed by atoms with van der Waals surface area (Å²) in [6.45, 7) is 7.43. The molecule has 0 unspecified atom stereocenters. The van der Waals surface area contributed by atoms with Crippen LogP contribution in [-0.4, -0.2) is 4.57 Å². The lowest BCUT2D eigenvalue weighted by molar-refractivity contribution is 1.18. The summed E-state index contributed by atoms with van der Waals surface area (Å²) >= 11 is 0. The summed E-state index contributed by atoms with van der Waals surface area (Å²) in [5.41, 5.74) is 3.62. The van der Waals surface area contributed by atoms with E-state index in [1.54, 1.807) is 6.07 Å². The maximum Gasteiger partial charge on any atom is 0.206 e. The van der Waals surface area contributed by atoms with E-state index in [0.29, 0.717) is 11.3 Å². The van der Waals surface area contributed by atoms with Crippen molar-refractivity contribution in [1.29, 1.82) is 5.26 Å². The Balaban J connectivity index is 2.09. The minimum absolute atomic E-state index is 0.376. The number of benzene rings is 4. The van der Waals surface area contributed by atoms with Gasteiger partial charge in [0.2, 0.25) is 5.69 Å². The van der Waals surface area contributed by atoms with Crippen molar-refractivity contribution in [3.63, 3.8) is 0 Å². The van der Waals surface area contributed by atoms with Crippen LogP contribution in [0.3, 0.4) is 0 Å². The highest BCUT2D eigenvalue weighted by atomic mass is 15.0. The fourth-order valence-electron chi connectivity index (χ4n) is 3.90. The zero-order valence-electron chi connectivity index (χ0n) is 14.3. The summed E-state index contributed by atoms with van der Waals surface area (Å²) < 4.78 is 2.13. The predicted molar refractivity (Wildman–Crippen MR) is 109 cm³/mol. The molecular weight excluding hydrogens is 330 g/mol. The minimum atomic E-state index is 0.376. The summed E-state index contributed by atoms with van der Waals surface area (Å²) in [4.78, 5) is 3.55. The number of nitriles is 1. The molecule has 0 amide bonds. The zero-order chi connectivity index (χ0) is 18.4. The molecule has 5 aromatic rings. The summed E-state index contributed by atoms with van der Waals surface area (Å²) in [6, 6.07) is 28.4. The monoisotopic (exact) mass is 343 g/mol. The third-order valence-electron chi connectivity index (χ3n) is 5.05. The van der Waals surface area contributed by atoms with Crippen molar-refractivity contribution in [2.45, 2.75) is 0 Å². The zero-order valence-corrected chi connectivity index (χ0v) is 14.3. The van der Waals surface area contributed by atoms with E-state index in [0.717, 1.165) is 38.3 Å². The maximum atomic E-state index is 9.78. The van der Waals surface area contributed by atoms with Gasteiger partial charge >= 0.3 is 0 Å². The van der Waals surface area contributed by atoms with Gasteiger partial charge in [0, 0.05) is 16.2 Å². The highest BCUT2D eigenvalue weighted by Gasteiger charge is 2.18. The molecule has 0 N–H and O–H groups in total. The lowest BCUT2D eigenvalue weighted by Crippen LogP contribution is -1.98. The topological polar surface area (TPSA) is 33.1 Å². The third kappa shape index (κ3) is 2.06. The number of aromatic nitrogens is 1. The number of rotatable bonds is 1. The molecule has 0 saturated heterocycles. The van der Waals surface area contributed by atoms with Gasteiger partial charge in [-0.05, 0) is 17.5 Å². The van der Waals surface area contributed by atoms with Gasteiger partial charge < -0.3 is 4.57 Å². The lowest BCUT2D eigenvalue weighted by atomic mass is 10.1. The standard InChI is InChI=1S/C24H13N3/c1-26-21-10-6-12-23(20(21)15-25)27-22-11-5-4-9-18(22)19-14-13-16-7-2-3-8-17(16)24(19)27/h2-14H. The third-order valence-corrected chi connectivity index (χ3v) is 5.05. The van der Waals surface area contributed by atoms with E-state index >= 15 is 0 Å². The smallest absolute Gasteiger partial charge is 0.206 e. The second-order valence-corrected chi connectivity index (χ2v) is 6.43. The SMILES string of the molecule is [C-]#[N+]c1cccc(-n2c3ccccc3c3ccc4ccccc4c32)c1C#N. The first kappa shape index (κ1) is 15.2. The molecule has 27 heavy (non-hydrogen) atoms. The highest BCUT2D eigenvalue weighted by Crippen LogP contribution is 2.38. The second-order valence-electron chi connectivity index (χ2n) is 6.43. The van der Waals surface area contributed by atoms with Crippen molar-refractivity contribution in [3.05, 3.63) is 95.8 Å². The van der Waals surface area contributed by atoms with Crippen LogP contribution in [0.25, 0.3) is 43.1 Å². The molecule has 0 radical (unpaired) electrons. The maximum absolute atomic E-state index is 9.78. The lowest BCUT2D eigenvalue weighted by Gasteiger charge is -2.12. The van der Waals surface area contributed by atoms with E-state index in [4.69, 9.17) is 6.57 Å². The van der Waals surface area contributed by atoms with Crippen molar-refractivity contribution in [1.82, 2.24) is 4.57 Å². The van der Waals surface area contributed by atoms with Crippen LogP contribution in [0.5, 0.6) is 0 Å². The molecule has 124 valence electrons. The van der Waals surface area contributed by atoms with Gasteiger partial charge in [-0.1, -0.05) is 66.7 Å². The Labute approximate surface area is 156 Å². The summed E-state index contributed by atoms with van der Waals surface area (Å²) in [5.74, 6) is 0. The van der Waals surface area contributed by atoms with Crippen LogP contribution in [0.4, 0.5) is 5.69 Å². The summed E-state index contributed by atoms with van der Waals surface area (Å²) in [7, 11) is 0. The molecule has 4 aromatic carbocycles. The Kier molecular flexibility index (Phi) is 3.22. The van der Waals surface area contributed by atoms with Gasteiger partial charge in [-0.15, -0.1) is 0 Å². The normalized spacial score (nSPS) is 10.9. The van der Waals surface area contributed by atoms with Crippen LogP contribution >= 0.6 is 0 Å². The Morgan fingerprint density at radius 3 is 2.37 bits per heavy atom. The van der Waals surface area contributed by atoms with Crippen LogP contribution in [0.2, 0.25) is 0 Å². The van der Waals surface area contributed by atoms with Gasteiger partial charge in [0.15, 0.2) is 0 Å². The molecule has 0 spiro atoms. The van der Waals surface area contributed by atoms with E-state index in [2.05, 4.69) is 51.9 Å². The molecule has 3 nitrogen and oxygen atoms in total. The molecule has 0 aliphatic carbocycles. The largest absolute Gasteiger partial charge is 0.309 e. The van der Waals surface area contributed by atoms with Gasteiger partial charge in [-0.2, -0.15) is 5.26 Å². The number of hydrogen-bond donors (Lipinski definition) is 0. The molecule has 0 bridgehead atoms. The first-order chi connectivity index (χ1) is 13.3. The van der Waals surface area contributed by atoms with Crippen molar-refractivity contribution >= 4 is 38.3 Å². The fourth-order valence-corrected chi connectivity index (χ4v) is 3.90.